The SMILES string of the molecule is CC(=O)N1C[C@@H](C(=O)Cc2ccc(C)cc2C)[C@H](c2nnc(CCCC(C)C)n2C2CC2)C1. The van der Waals surface area contributed by atoms with Crippen LogP contribution in [-0.2, 0) is 22.4 Å². The maximum absolute atomic E-state index is 13.6. The quantitative estimate of drug-likeness (QED) is 0.561. The van der Waals surface area contributed by atoms with E-state index >= 15 is 0 Å². The zero-order valence-corrected chi connectivity index (χ0v) is 20.8. The van der Waals surface area contributed by atoms with Crippen molar-refractivity contribution < 1.29 is 9.59 Å². The van der Waals surface area contributed by atoms with Gasteiger partial charge in [0.15, 0.2) is 0 Å². The summed E-state index contributed by atoms with van der Waals surface area (Å²) in [6, 6.07) is 6.71. The third-order valence-corrected chi connectivity index (χ3v) is 7.26. The Morgan fingerprint density at radius 2 is 1.88 bits per heavy atom. The number of ketones is 1. The molecule has 4 rings (SSSR count). The first-order chi connectivity index (χ1) is 15.7. The Hall–Kier alpha value is -2.50. The molecule has 2 atom stereocenters. The lowest BCUT2D eigenvalue weighted by molar-refractivity contribution is -0.128. The molecular weight excluding hydrogens is 412 g/mol. The Morgan fingerprint density at radius 1 is 1.12 bits per heavy atom. The predicted octanol–water partition coefficient (Wildman–Crippen LogP) is 4.58. The molecule has 2 fully saturated rings. The number of aromatic nitrogens is 3. The largest absolute Gasteiger partial charge is 0.341 e. The highest BCUT2D eigenvalue weighted by atomic mass is 16.2. The number of nitrogens with zero attached hydrogens (tertiary/aromatic N) is 4. The molecule has 2 aromatic rings. The fourth-order valence-corrected chi connectivity index (χ4v) is 5.17. The van der Waals surface area contributed by atoms with E-state index in [0.717, 1.165) is 48.5 Å². The molecule has 6 heteroatoms. The van der Waals surface area contributed by atoms with Gasteiger partial charge in [-0.2, -0.15) is 0 Å². The zero-order chi connectivity index (χ0) is 23.7. The second-order valence-corrected chi connectivity index (χ2v) is 10.6. The molecule has 178 valence electrons. The summed E-state index contributed by atoms with van der Waals surface area (Å²) in [6.07, 6.45) is 5.89. The van der Waals surface area contributed by atoms with Crippen molar-refractivity contribution >= 4 is 11.7 Å². The van der Waals surface area contributed by atoms with Crippen molar-refractivity contribution in [2.24, 2.45) is 11.8 Å². The van der Waals surface area contributed by atoms with E-state index in [2.05, 4.69) is 60.7 Å². The highest BCUT2D eigenvalue weighted by Gasteiger charge is 2.43. The number of Topliss-reactive ketones (excluding diaryl/α,β-unsaturated/α-hetero) is 1. The molecule has 0 radical (unpaired) electrons. The lowest BCUT2D eigenvalue weighted by atomic mass is 9.87. The third-order valence-electron chi connectivity index (χ3n) is 7.26. The molecule has 0 spiro atoms. The highest BCUT2D eigenvalue weighted by Crippen LogP contribution is 2.41. The van der Waals surface area contributed by atoms with Crippen LogP contribution in [-0.4, -0.2) is 44.4 Å². The van der Waals surface area contributed by atoms with E-state index in [1.807, 2.05) is 4.90 Å². The van der Waals surface area contributed by atoms with E-state index in [-0.39, 0.29) is 23.5 Å². The standard InChI is InChI=1S/C27H38N4O2/c1-17(2)7-6-8-26-28-29-27(31(26)22-11-12-22)24-16-30(20(5)32)15-23(24)25(33)14-21-10-9-18(3)13-19(21)4/h9-10,13,17,22-24H,6-8,11-12,14-16H2,1-5H3/t23-,24-/m1/s1. The normalized spacial score (nSPS) is 20.6. The van der Waals surface area contributed by atoms with Gasteiger partial charge in [0.2, 0.25) is 5.91 Å². The number of benzene rings is 1. The average molecular weight is 451 g/mol. The summed E-state index contributed by atoms with van der Waals surface area (Å²) >= 11 is 0. The molecule has 1 aromatic heterocycles. The van der Waals surface area contributed by atoms with E-state index in [0.29, 0.717) is 31.5 Å². The third kappa shape index (κ3) is 5.36. The topological polar surface area (TPSA) is 68.1 Å². The van der Waals surface area contributed by atoms with Gasteiger partial charge in [0, 0.05) is 50.7 Å². The summed E-state index contributed by atoms with van der Waals surface area (Å²) in [5.74, 6) is 2.54. The Balaban J connectivity index is 1.59. The number of hydrogen-bond donors (Lipinski definition) is 0. The summed E-state index contributed by atoms with van der Waals surface area (Å²) in [7, 11) is 0. The lowest BCUT2D eigenvalue weighted by Gasteiger charge is -2.19. The summed E-state index contributed by atoms with van der Waals surface area (Å²) in [5.41, 5.74) is 3.42. The summed E-state index contributed by atoms with van der Waals surface area (Å²) < 4.78 is 2.33. The maximum Gasteiger partial charge on any atom is 0.219 e. The van der Waals surface area contributed by atoms with Crippen molar-refractivity contribution in [3.05, 3.63) is 46.5 Å². The van der Waals surface area contributed by atoms with Crippen LogP contribution < -0.4 is 0 Å². The van der Waals surface area contributed by atoms with Gasteiger partial charge in [-0.1, -0.05) is 44.0 Å². The summed E-state index contributed by atoms with van der Waals surface area (Å²) in [4.78, 5) is 27.6. The van der Waals surface area contributed by atoms with Gasteiger partial charge in [0.05, 0.1) is 0 Å². The summed E-state index contributed by atoms with van der Waals surface area (Å²) in [6.45, 7) is 11.3. The Bertz CT molecular complexity index is 1020. The van der Waals surface area contributed by atoms with Gasteiger partial charge in [0.25, 0.3) is 0 Å². The molecule has 0 unspecified atom stereocenters. The number of amides is 1. The van der Waals surface area contributed by atoms with E-state index in [4.69, 9.17) is 0 Å². The van der Waals surface area contributed by atoms with Crippen molar-refractivity contribution in [3.8, 4) is 0 Å². The van der Waals surface area contributed by atoms with Gasteiger partial charge >= 0.3 is 0 Å². The molecular formula is C27H38N4O2. The van der Waals surface area contributed by atoms with Crippen LogP contribution in [0, 0.1) is 25.7 Å². The van der Waals surface area contributed by atoms with E-state index in [9.17, 15) is 9.59 Å². The first kappa shape index (κ1) is 23.7. The minimum absolute atomic E-state index is 0.0245. The molecule has 1 aliphatic carbocycles. The molecule has 1 amide bonds. The number of likely N-dealkylation sites (tertiary alicyclic amines) is 1. The molecule has 6 nitrogen and oxygen atoms in total. The number of carbonyl (C=O) groups is 2. The number of carbonyl (C=O) groups excluding carboxylic acids is 2. The van der Waals surface area contributed by atoms with Crippen LogP contribution in [0.4, 0.5) is 0 Å². The molecule has 0 bridgehead atoms. The molecule has 2 aliphatic rings. The molecule has 0 N–H and O–H groups in total. The monoisotopic (exact) mass is 450 g/mol. The van der Waals surface area contributed by atoms with Crippen molar-refractivity contribution in [2.75, 3.05) is 13.1 Å². The lowest BCUT2D eigenvalue weighted by Crippen LogP contribution is -2.28. The minimum atomic E-state index is -0.236. The molecule has 1 saturated carbocycles. The van der Waals surface area contributed by atoms with Crippen molar-refractivity contribution in [2.45, 2.75) is 85.1 Å². The van der Waals surface area contributed by atoms with Gasteiger partial charge in [0.1, 0.15) is 17.4 Å². The molecule has 1 aromatic carbocycles. The number of aryl methyl sites for hydroxylation is 3. The molecule has 1 saturated heterocycles. The first-order valence-corrected chi connectivity index (χ1v) is 12.5. The van der Waals surface area contributed by atoms with Gasteiger partial charge in [-0.3, -0.25) is 9.59 Å². The van der Waals surface area contributed by atoms with Crippen LogP contribution in [0.3, 0.4) is 0 Å². The maximum atomic E-state index is 13.6. The van der Waals surface area contributed by atoms with E-state index in [1.54, 1.807) is 6.92 Å². The highest BCUT2D eigenvalue weighted by molar-refractivity contribution is 5.86. The van der Waals surface area contributed by atoms with Crippen molar-refractivity contribution in [1.82, 2.24) is 19.7 Å². The molecule has 1 aliphatic heterocycles. The van der Waals surface area contributed by atoms with Crippen LogP contribution in [0.1, 0.15) is 86.8 Å². The predicted molar refractivity (Wildman–Crippen MR) is 129 cm³/mol. The van der Waals surface area contributed by atoms with Crippen LogP contribution in [0.2, 0.25) is 0 Å². The number of hydrogen-bond acceptors (Lipinski definition) is 4. The zero-order valence-electron chi connectivity index (χ0n) is 20.8. The second-order valence-electron chi connectivity index (χ2n) is 10.6. The molecule has 2 heterocycles. The number of rotatable bonds is 9. The van der Waals surface area contributed by atoms with Gasteiger partial charge in [-0.25, -0.2) is 0 Å². The fourth-order valence-electron chi connectivity index (χ4n) is 5.17. The summed E-state index contributed by atoms with van der Waals surface area (Å²) in [5, 5.41) is 9.23. The smallest absolute Gasteiger partial charge is 0.219 e. The van der Waals surface area contributed by atoms with Crippen molar-refractivity contribution in [1.29, 1.82) is 0 Å². The second kappa shape index (κ2) is 9.78. The average Bonchev–Trinajstić information content (AvgIpc) is 3.33. The Morgan fingerprint density at radius 3 is 2.52 bits per heavy atom. The first-order valence-electron chi connectivity index (χ1n) is 12.5. The van der Waals surface area contributed by atoms with E-state index in [1.165, 1.54) is 12.0 Å². The van der Waals surface area contributed by atoms with Crippen LogP contribution >= 0.6 is 0 Å². The van der Waals surface area contributed by atoms with Gasteiger partial charge in [-0.15, -0.1) is 10.2 Å². The minimum Gasteiger partial charge on any atom is -0.341 e. The van der Waals surface area contributed by atoms with Crippen LogP contribution in [0.25, 0.3) is 0 Å². The fraction of sp³-hybridized carbons (Fsp3) is 0.630. The van der Waals surface area contributed by atoms with Crippen LogP contribution in [0.5, 0.6) is 0 Å². The Labute approximate surface area is 197 Å². The van der Waals surface area contributed by atoms with Gasteiger partial charge in [-0.05, 0) is 50.2 Å². The van der Waals surface area contributed by atoms with Crippen LogP contribution in [0.15, 0.2) is 18.2 Å². The Kier molecular flexibility index (Phi) is 7.01. The van der Waals surface area contributed by atoms with Gasteiger partial charge < -0.3 is 9.47 Å². The van der Waals surface area contributed by atoms with Crippen molar-refractivity contribution in [3.63, 3.8) is 0 Å². The van der Waals surface area contributed by atoms with E-state index < -0.39 is 0 Å². The molecule has 33 heavy (non-hydrogen) atoms.